The number of ketones is 1. The molecule has 1 heterocycles. The van der Waals surface area contributed by atoms with Gasteiger partial charge in [-0.15, -0.1) is 0 Å². The summed E-state index contributed by atoms with van der Waals surface area (Å²) in [7, 11) is 0. The Hall–Kier alpha value is -1.83. The number of aliphatic carboxylic acids is 1. The summed E-state index contributed by atoms with van der Waals surface area (Å²) in [5, 5.41) is 8.51. The quantitative estimate of drug-likeness (QED) is 0.662. The van der Waals surface area contributed by atoms with E-state index in [0.717, 1.165) is 12.1 Å². The van der Waals surface area contributed by atoms with E-state index in [1.807, 2.05) is 0 Å². The summed E-state index contributed by atoms with van der Waals surface area (Å²) in [5.74, 6) is -5.18. The van der Waals surface area contributed by atoms with E-state index in [1.165, 1.54) is 0 Å². The Balaban J connectivity index is 2.62. The molecular formula is C10H4BrF2NO4. The van der Waals surface area contributed by atoms with Gasteiger partial charge in [0.2, 0.25) is 0 Å². The first-order valence-electron chi connectivity index (χ1n) is 4.58. The van der Waals surface area contributed by atoms with Crippen molar-refractivity contribution in [3.63, 3.8) is 0 Å². The van der Waals surface area contributed by atoms with Crippen LogP contribution in [0.2, 0.25) is 0 Å². The Morgan fingerprint density at radius 2 is 2.00 bits per heavy atom. The van der Waals surface area contributed by atoms with Crippen molar-refractivity contribution in [3.8, 4) is 0 Å². The number of amides is 1. The number of rotatable bonds is 2. The fourth-order valence-electron chi connectivity index (χ4n) is 1.59. The average Bonchev–Trinajstić information content (AvgIpc) is 2.53. The van der Waals surface area contributed by atoms with E-state index in [-0.39, 0.29) is 20.6 Å². The van der Waals surface area contributed by atoms with Crippen molar-refractivity contribution in [2.75, 3.05) is 4.90 Å². The van der Waals surface area contributed by atoms with Crippen LogP contribution in [0.4, 0.5) is 14.5 Å². The van der Waals surface area contributed by atoms with Crippen LogP contribution in [-0.2, 0) is 9.59 Å². The maximum absolute atomic E-state index is 13.4. The second-order valence-corrected chi connectivity index (χ2v) is 4.32. The molecule has 1 aliphatic rings. The minimum Gasteiger partial charge on any atom is -0.478 e. The number of carboxylic acids is 1. The fourth-order valence-corrected chi connectivity index (χ4v) is 1.93. The van der Waals surface area contributed by atoms with Crippen LogP contribution in [0, 0.1) is 5.82 Å². The normalized spacial score (nSPS) is 15.8. The van der Waals surface area contributed by atoms with E-state index >= 15 is 0 Å². The Morgan fingerprint density at radius 1 is 1.39 bits per heavy atom. The van der Waals surface area contributed by atoms with Crippen molar-refractivity contribution in [3.05, 3.63) is 28.0 Å². The van der Waals surface area contributed by atoms with Crippen molar-refractivity contribution < 1.29 is 28.3 Å². The van der Waals surface area contributed by atoms with E-state index < -0.39 is 29.8 Å². The highest BCUT2D eigenvalue weighted by Gasteiger charge is 2.43. The monoisotopic (exact) mass is 319 g/mol. The maximum atomic E-state index is 13.4. The molecule has 2 rings (SSSR count). The zero-order valence-electron chi connectivity index (χ0n) is 8.49. The lowest BCUT2D eigenvalue weighted by Crippen LogP contribution is -2.41. The number of fused-ring (bicyclic) bond motifs is 1. The van der Waals surface area contributed by atoms with Crippen LogP contribution < -0.4 is 4.90 Å². The Bertz CT molecular complexity index is 589. The van der Waals surface area contributed by atoms with Gasteiger partial charge >= 0.3 is 11.9 Å². The summed E-state index contributed by atoms with van der Waals surface area (Å²) < 4.78 is 26.6. The number of alkyl halides is 1. The van der Waals surface area contributed by atoms with Gasteiger partial charge in [0.1, 0.15) is 5.82 Å². The fraction of sp³-hybridized carbons (Fsp3) is 0.100. The first kappa shape index (κ1) is 12.6. The molecular weight excluding hydrogens is 316 g/mol. The van der Waals surface area contributed by atoms with E-state index in [1.54, 1.807) is 0 Å². The van der Waals surface area contributed by atoms with Crippen molar-refractivity contribution in [1.82, 2.24) is 0 Å². The van der Waals surface area contributed by atoms with Crippen LogP contribution >= 0.6 is 15.9 Å². The molecule has 0 saturated heterocycles. The lowest BCUT2D eigenvalue weighted by atomic mass is 10.1. The number of halogens is 3. The molecule has 18 heavy (non-hydrogen) atoms. The first-order valence-corrected chi connectivity index (χ1v) is 5.37. The predicted octanol–water partition coefficient (Wildman–Crippen LogP) is 1.50. The number of benzene rings is 1. The van der Waals surface area contributed by atoms with E-state index in [9.17, 15) is 23.2 Å². The van der Waals surface area contributed by atoms with Crippen LogP contribution in [0.5, 0.6) is 0 Å². The van der Waals surface area contributed by atoms with Gasteiger partial charge in [0.25, 0.3) is 12.1 Å². The Morgan fingerprint density at radius 3 is 2.56 bits per heavy atom. The van der Waals surface area contributed by atoms with Crippen molar-refractivity contribution in [2.24, 2.45) is 0 Å². The SMILES string of the molecule is O=C1C(=O)N(C(F)C(=O)O)c2cc(F)c(Br)cc21. The molecule has 94 valence electrons. The molecule has 1 aromatic rings. The molecule has 0 bridgehead atoms. The summed E-state index contributed by atoms with van der Waals surface area (Å²) in [5.41, 5.74) is -0.627. The third-order valence-electron chi connectivity index (χ3n) is 2.39. The Kier molecular flexibility index (Phi) is 2.89. The van der Waals surface area contributed by atoms with Crippen LogP contribution in [0.3, 0.4) is 0 Å². The van der Waals surface area contributed by atoms with Gasteiger partial charge in [-0.2, -0.15) is 0 Å². The Labute approximate surface area is 107 Å². The van der Waals surface area contributed by atoms with Gasteiger partial charge in [-0.25, -0.2) is 13.6 Å². The van der Waals surface area contributed by atoms with E-state index in [4.69, 9.17) is 5.11 Å². The molecule has 1 aliphatic heterocycles. The highest BCUT2D eigenvalue weighted by molar-refractivity contribution is 9.10. The number of hydrogen-bond acceptors (Lipinski definition) is 3. The van der Waals surface area contributed by atoms with Crippen molar-refractivity contribution >= 4 is 39.3 Å². The second-order valence-electron chi connectivity index (χ2n) is 3.46. The highest BCUT2D eigenvalue weighted by Crippen LogP contribution is 2.34. The number of carboxylic acid groups (broad SMARTS) is 1. The third kappa shape index (κ3) is 1.69. The molecule has 0 aliphatic carbocycles. The standard InChI is InChI=1S/C10H4BrF2NO4/c11-4-1-3-6(2-5(4)12)14(8(13)10(17)18)9(16)7(3)15/h1-2,8H,(H,17,18). The maximum Gasteiger partial charge on any atom is 0.360 e. The number of hydrogen-bond donors (Lipinski definition) is 1. The summed E-state index contributed by atoms with van der Waals surface area (Å²) in [6, 6.07) is 1.75. The summed E-state index contributed by atoms with van der Waals surface area (Å²) >= 11 is 2.82. The number of nitrogens with zero attached hydrogens (tertiary/aromatic N) is 1. The van der Waals surface area contributed by atoms with Gasteiger partial charge in [-0.3, -0.25) is 14.5 Å². The van der Waals surface area contributed by atoms with Gasteiger partial charge in [0, 0.05) is 0 Å². The van der Waals surface area contributed by atoms with Crippen LogP contribution in [0.1, 0.15) is 10.4 Å². The highest BCUT2D eigenvalue weighted by atomic mass is 79.9. The molecule has 1 aromatic carbocycles. The zero-order chi connectivity index (χ0) is 13.6. The molecule has 0 spiro atoms. The van der Waals surface area contributed by atoms with Crippen LogP contribution in [0.15, 0.2) is 16.6 Å². The van der Waals surface area contributed by atoms with Crippen molar-refractivity contribution in [2.45, 2.75) is 6.30 Å². The first-order chi connectivity index (χ1) is 8.34. The van der Waals surface area contributed by atoms with Gasteiger partial charge < -0.3 is 5.11 Å². The molecule has 1 N–H and O–H groups in total. The molecule has 0 saturated carbocycles. The number of anilines is 1. The van der Waals surface area contributed by atoms with Gasteiger partial charge in [-0.1, -0.05) is 0 Å². The smallest absolute Gasteiger partial charge is 0.360 e. The third-order valence-corrected chi connectivity index (χ3v) is 2.99. The lowest BCUT2D eigenvalue weighted by molar-refractivity contribution is -0.144. The molecule has 5 nitrogen and oxygen atoms in total. The summed E-state index contributed by atoms with van der Waals surface area (Å²) in [4.78, 5) is 33.6. The van der Waals surface area contributed by atoms with Crippen molar-refractivity contribution in [1.29, 1.82) is 0 Å². The molecule has 0 radical (unpaired) electrons. The molecule has 0 aromatic heterocycles. The molecule has 1 unspecified atom stereocenters. The topological polar surface area (TPSA) is 74.7 Å². The number of carbonyl (C=O) groups is 3. The number of carbonyl (C=O) groups excluding carboxylic acids is 2. The summed E-state index contributed by atoms with van der Waals surface area (Å²) in [6.45, 7) is 0. The van der Waals surface area contributed by atoms with Gasteiger partial charge in [-0.05, 0) is 28.1 Å². The molecule has 8 heteroatoms. The predicted molar refractivity (Wildman–Crippen MR) is 58.4 cm³/mol. The van der Waals surface area contributed by atoms with Gasteiger partial charge in [0.15, 0.2) is 0 Å². The number of Topliss-reactive ketones (excluding diaryl/α,β-unsaturated/α-hetero) is 1. The lowest BCUT2D eigenvalue weighted by Gasteiger charge is -2.17. The molecule has 1 atom stereocenters. The molecule has 1 amide bonds. The van der Waals surface area contributed by atoms with Crippen LogP contribution in [0.25, 0.3) is 0 Å². The average molecular weight is 320 g/mol. The largest absolute Gasteiger partial charge is 0.478 e. The van der Waals surface area contributed by atoms with E-state index in [0.29, 0.717) is 0 Å². The second kappa shape index (κ2) is 4.13. The summed E-state index contributed by atoms with van der Waals surface area (Å²) in [6.07, 6.45) is -2.73. The van der Waals surface area contributed by atoms with E-state index in [2.05, 4.69) is 15.9 Å². The molecule has 0 fully saturated rings. The minimum absolute atomic E-state index is 0.0741. The zero-order valence-corrected chi connectivity index (χ0v) is 10.1. The van der Waals surface area contributed by atoms with Crippen LogP contribution in [-0.4, -0.2) is 29.1 Å². The van der Waals surface area contributed by atoms with Gasteiger partial charge in [0.05, 0.1) is 15.7 Å². The minimum atomic E-state index is -2.73.